The van der Waals surface area contributed by atoms with Crippen molar-refractivity contribution in [2.24, 2.45) is 0 Å². The molecule has 19 heavy (non-hydrogen) atoms. The molecule has 0 bridgehead atoms. The van der Waals surface area contributed by atoms with E-state index in [1.807, 2.05) is 0 Å². The maximum absolute atomic E-state index is 12.3. The van der Waals surface area contributed by atoms with E-state index in [-0.39, 0.29) is 24.0 Å². The number of hydrogen-bond acceptors (Lipinski definition) is 4. The van der Waals surface area contributed by atoms with Gasteiger partial charge in [-0.3, -0.25) is 4.79 Å². The topological polar surface area (TPSA) is 80.5 Å². The molecule has 0 saturated carbocycles. The molecule has 7 heteroatoms. The second-order valence-corrected chi connectivity index (χ2v) is 7.24. The Kier molecular flexibility index (Phi) is 4.01. The van der Waals surface area contributed by atoms with Gasteiger partial charge in [0.2, 0.25) is 0 Å². The number of amides is 1. The lowest BCUT2D eigenvalue weighted by atomic mass is 10.1. The molecule has 1 aromatic carbocycles. The van der Waals surface area contributed by atoms with Gasteiger partial charge in [0, 0.05) is 18.7 Å². The second-order valence-electron chi connectivity index (χ2n) is 4.53. The highest BCUT2D eigenvalue weighted by atomic mass is 35.5. The summed E-state index contributed by atoms with van der Waals surface area (Å²) in [6, 6.07) is 4.69. The van der Waals surface area contributed by atoms with Crippen LogP contribution in [0.1, 0.15) is 16.8 Å². The lowest BCUT2D eigenvalue weighted by molar-refractivity contribution is 0.0768. The summed E-state index contributed by atoms with van der Waals surface area (Å²) >= 11 is 5.88. The molecule has 0 aliphatic carbocycles. The van der Waals surface area contributed by atoms with Crippen LogP contribution in [0, 0.1) is 0 Å². The Hall–Kier alpha value is -1.27. The zero-order valence-electron chi connectivity index (χ0n) is 10.3. The number of carbonyl (C=O) groups excluding carboxylic acids is 1. The molecular formula is C12H15ClN2O3S. The van der Waals surface area contributed by atoms with Gasteiger partial charge in [-0.05, 0) is 24.6 Å². The van der Waals surface area contributed by atoms with Gasteiger partial charge in [0.25, 0.3) is 5.91 Å². The van der Waals surface area contributed by atoms with E-state index in [0.29, 0.717) is 29.2 Å². The minimum atomic E-state index is -3.02. The zero-order valence-corrected chi connectivity index (χ0v) is 11.9. The van der Waals surface area contributed by atoms with Gasteiger partial charge < -0.3 is 10.6 Å². The smallest absolute Gasteiger partial charge is 0.253 e. The molecule has 1 amide bonds. The van der Waals surface area contributed by atoms with E-state index >= 15 is 0 Å². The molecule has 1 aromatic rings. The Morgan fingerprint density at radius 3 is 2.68 bits per heavy atom. The highest BCUT2D eigenvalue weighted by Crippen LogP contribution is 2.21. The number of nitrogens with zero attached hydrogens (tertiary/aromatic N) is 1. The van der Waals surface area contributed by atoms with Crippen molar-refractivity contribution in [3.05, 3.63) is 28.8 Å². The lowest BCUT2D eigenvalue weighted by Gasteiger charge is -2.20. The third-order valence-corrected chi connectivity index (χ3v) is 5.13. The minimum Gasteiger partial charge on any atom is -0.398 e. The predicted molar refractivity (Wildman–Crippen MR) is 75.0 cm³/mol. The van der Waals surface area contributed by atoms with Gasteiger partial charge in [-0.2, -0.15) is 0 Å². The van der Waals surface area contributed by atoms with Crippen molar-refractivity contribution < 1.29 is 13.2 Å². The summed E-state index contributed by atoms with van der Waals surface area (Å²) < 4.78 is 23.0. The Bertz CT molecular complexity index is 601. The molecule has 1 aliphatic heterocycles. The summed E-state index contributed by atoms with van der Waals surface area (Å²) in [6.45, 7) is 0.670. The molecule has 0 atom stereocenters. The first-order valence-electron chi connectivity index (χ1n) is 5.94. The summed E-state index contributed by atoms with van der Waals surface area (Å²) in [4.78, 5) is 13.8. The van der Waals surface area contributed by atoms with Crippen LogP contribution < -0.4 is 5.73 Å². The summed E-state index contributed by atoms with van der Waals surface area (Å²) in [5.74, 6) is -0.0558. The molecule has 0 spiro atoms. The van der Waals surface area contributed by atoms with Crippen molar-refractivity contribution in [1.82, 2.24) is 4.90 Å². The Morgan fingerprint density at radius 1 is 1.26 bits per heavy atom. The predicted octanol–water partition coefficient (Wildman–Crippen LogP) is 1.18. The molecule has 5 nitrogen and oxygen atoms in total. The van der Waals surface area contributed by atoms with Crippen LogP contribution in [0.3, 0.4) is 0 Å². The second kappa shape index (κ2) is 5.38. The SMILES string of the molecule is Nc1ccc(C(=O)N2CCCS(=O)(=O)CC2)cc1Cl. The Morgan fingerprint density at radius 2 is 2.00 bits per heavy atom. The normalized spacial score (nSPS) is 18.9. The van der Waals surface area contributed by atoms with Crippen LogP contribution in [0.5, 0.6) is 0 Å². The number of rotatable bonds is 1. The number of halogens is 1. The monoisotopic (exact) mass is 302 g/mol. The molecule has 1 heterocycles. The van der Waals surface area contributed by atoms with Crippen molar-refractivity contribution >= 4 is 33.0 Å². The highest BCUT2D eigenvalue weighted by molar-refractivity contribution is 7.91. The van der Waals surface area contributed by atoms with Gasteiger partial charge in [-0.25, -0.2) is 8.42 Å². The molecule has 1 fully saturated rings. The number of anilines is 1. The lowest BCUT2D eigenvalue weighted by Crippen LogP contribution is -2.33. The largest absolute Gasteiger partial charge is 0.398 e. The van der Waals surface area contributed by atoms with E-state index in [4.69, 9.17) is 17.3 Å². The molecule has 1 saturated heterocycles. The first-order chi connectivity index (χ1) is 8.89. The zero-order chi connectivity index (χ0) is 14.0. The van der Waals surface area contributed by atoms with Crippen LogP contribution in [0.2, 0.25) is 5.02 Å². The molecule has 2 N–H and O–H groups in total. The van der Waals surface area contributed by atoms with Crippen LogP contribution in [0.15, 0.2) is 18.2 Å². The van der Waals surface area contributed by atoms with E-state index in [2.05, 4.69) is 0 Å². The fourth-order valence-electron chi connectivity index (χ4n) is 1.98. The van der Waals surface area contributed by atoms with Crippen molar-refractivity contribution in [2.45, 2.75) is 6.42 Å². The number of nitrogen functional groups attached to an aromatic ring is 1. The van der Waals surface area contributed by atoms with Gasteiger partial charge in [0.15, 0.2) is 9.84 Å². The van der Waals surface area contributed by atoms with Crippen LogP contribution in [0.25, 0.3) is 0 Å². The number of carbonyl (C=O) groups is 1. The molecule has 1 aliphatic rings. The molecule has 0 aromatic heterocycles. The summed E-state index contributed by atoms with van der Waals surface area (Å²) in [6.07, 6.45) is 0.469. The number of sulfone groups is 1. The van der Waals surface area contributed by atoms with E-state index in [1.54, 1.807) is 17.0 Å². The van der Waals surface area contributed by atoms with Gasteiger partial charge in [-0.1, -0.05) is 11.6 Å². The van der Waals surface area contributed by atoms with Crippen LogP contribution in [-0.4, -0.2) is 43.8 Å². The maximum Gasteiger partial charge on any atom is 0.253 e. The number of benzene rings is 1. The Balaban J connectivity index is 2.17. The van der Waals surface area contributed by atoms with Crippen LogP contribution >= 0.6 is 11.6 Å². The highest BCUT2D eigenvalue weighted by Gasteiger charge is 2.23. The summed E-state index contributed by atoms with van der Waals surface area (Å²) in [7, 11) is -3.02. The maximum atomic E-state index is 12.3. The van der Waals surface area contributed by atoms with Crippen LogP contribution in [-0.2, 0) is 9.84 Å². The minimum absolute atomic E-state index is 0.0153. The third kappa shape index (κ3) is 3.39. The fraction of sp³-hybridized carbons (Fsp3) is 0.417. The molecule has 2 rings (SSSR count). The van der Waals surface area contributed by atoms with Gasteiger partial charge >= 0.3 is 0 Å². The van der Waals surface area contributed by atoms with Gasteiger partial charge in [0.1, 0.15) is 0 Å². The summed E-state index contributed by atoms with van der Waals surface area (Å²) in [5.41, 5.74) is 6.43. The van der Waals surface area contributed by atoms with Gasteiger partial charge in [-0.15, -0.1) is 0 Å². The molecule has 104 valence electrons. The van der Waals surface area contributed by atoms with Crippen molar-refractivity contribution in [2.75, 3.05) is 30.3 Å². The fourth-order valence-corrected chi connectivity index (χ4v) is 3.44. The first-order valence-corrected chi connectivity index (χ1v) is 8.14. The first kappa shape index (κ1) is 14.1. The number of nitrogens with two attached hydrogens (primary N) is 1. The standard InChI is InChI=1S/C12H15ClN2O3S/c13-10-8-9(2-3-11(10)14)12(16)15-4-1-6-19(17,18)7-5-15/h2-3,8H,1,4-7,14H2. The Labute approximate surface area is 117 Å². The van der Waals surface area contributed by atoms with E-state index in [9.17, 15) is 13.2 Å². The van der Waals surface area contributed by atoms with E-state index in [0.717, 1.165) is 0 Å². The van der Waals surface area contributed by atoms with Crippen LogP contribution in [0.4, 0.5) is 5.69 Å². The molecular weight excluding hydrogens is 288 g/mol. The van der Waals surface area contributed by atoms with Gasteiger partial charge in [0.05, 0.1) is 22.2 Å². The van der Waals surface area contributed by atoms with Crippen molar-refractivity contribution in [3.63, 3.8) is 0 Å². The molecule has 0 radical (unpaired) electrons. The van der Waals surface area contributed by atoms with Crippen molar-refractivity contribution in [3.8, 4) is 0 Å². The average Bonchev–Trinajstić information content (AvgIpc) is 2.53. The van der Waals surface area contributed by atoms with Crippen molar-refractivity contribution in [1.29, 1.82) is 0 Å². The van der Waals surface area contributed by atoms with E-state index < -0.39 is 9.84 Å². The summed E-state index contributed by atoms with van der Waals surface area (Å²) in [5, 5.41) is 0.327. The molecule has 0 unspecified atom stereocenters. The number of hydrogen-bond donors (Lipinski definition) is 1. The third-order valence-electron chi connectivity index (χ3n) is 3.09. The quantitative estimate of drug-likeness (QED) is 0.790. The average molecular weight is 303 g/mol. The van der Waals surface area contributed by atoms with E-state index in [1.165, 1.54) is 6.07 Å².